The van der Waals surface area contributed by atoms with Gasteiger partial charge in [-0.25, -0.2) is 9.78 Å². The van der Waals surface area contributed by atoms with Crippen LogP contribution in [-0.2, 0) is 10.2 Å². The molecule has 0 spiro atoms. The summed E-state index contributed by atoms with van der Waals surface area (Å²) in [6.07, 6.45) is 4.67. The van der Waals surface area contributed by atoms with E-state index in [1.807, 2.05) is 30.3 Å². The summed E-state index contributed by atoms with van der Waals surface area (Å²) in [5.74, 6) is -0.943. The maximum absolute atomic E-state index is 13.3. The topological polar surface area (TPSA) is 95.6 Å². The summed E-state index contributed by atoms with van der Waals surface area (Å²) in [5.41, 5.74) is 3.32. The molecular formula is C30H27ClN4O4. The fourth-order valence-electron chi connectivity index (χ4n) is 5.88. The SMILES string of the molecule is CCOC(=O)c1cnc2[nH]ccc2c1N1CCC(CN2C(=O)c3ccccc3C2=O)(c2ccc(Cl)cc2)CC1. The minimum absolute atomic E-state index is 0.259. The number of aromatic amines is 1. The fraction of sp³-hybridized carbons (Fsp3) is 0.267. The molecule has 2 aromatic heterocycles. The Hall–Kier alpha value is -4.17. The van der Waals surface area contributed by atoms with Crippen LogP contribution >= 0.6 is 11.6 Å². The summed E-state index contributed by atoms with van der Waals surface area (Å²) in [7, 11) is 0. The molecule has 4 aromatic rings. The molecule has 0 unspecified atom stereocenters. The monoisotopic (exact) mass is 542 g/mol. The molecule has 2 amide bonds. The Morgan fingerprint density at radius 1 is 1.03 bits per heavy atom. The van der Waals surface area contributed by atoms with Crippen LogP contribution in [0, 0.1) is 0 Å². The number of anilines is 1. The number of halogens is 1. The average molecular weight is 543 g/mol. The van der Waals surface area contributed by atoms with Gasteiger partial charge in [0.25, 0.3) is 11.8 Å². The van der Waals surface area contributed by atoms with Gasteiger partial charge in [-0.3, -0.25) is 14.5 Å². The number of benzene rings is 2. The molecule has 8 nitrogen and oxygen atoms in total. The van der Waals surface area contributed by atoms with Crippen molar-refractivity contribution in [3.8, 4) is 0 Å². The zero-order valence-corrected chi connectivity index (χ0v) is 22.2. The number of amides is 2. The van der Waals surface area contributed by atoms with Crippen LogP contribution < -0.4 is 4.90 Å². The van der Waals surface area contributed by atoms with Crippen molar-refractivity contribution >= 4 is 46.1 Å². The van der Waals surface area contributed by atoms with Gasteiger partial charge in [0.05, 0.1) is 23.4 Å². The maximum atomic E-state index is 13.3. The number of nitrogens with zero attached hydrogens (tertiary/aromatic N) is 3. The van der Waals surface area contributed by atoms with E-state index >= 15 is 0 Å². The molecule has 0 aliphatic carbocycles. The van der Waals surface area contributed by atoms with Crippen molar-refractivity contribution < 1.29 is 19.1 Å². The molecule has 2 aliphatic heterocycles. The van der Waals surface area contributed by atoms with Gasteiger partial charge < -0.3 is 14.6 Å². The number of pyridine rings is 1. The minimum atomic E-state index is -0.483. The van der Waals surface area contributed by atoms with Crippen molar-refractivity contribution in [3.05, 3.63) is 94.3 Å². The smallest absolute Gasteiger partial charge is 0.341 e. The van der Waals surface area contributed by atoms with Crippen LogP contribution in [0.2, 0.25) is 5.02 Å². The number of rotatable bonds is 6. The highest BCUT2D eigenvalue weighted by Crippen LogP contribution is 2.41. The van der Waals surface area contributed by atoms with Gasteiger partial charge in [-0.2, -0.15) is 0 Å². The van der Waals surface area contributed by atoms with Gasteiger partial charge in [-0.1, -0.05) is 35.9 Å². The molecule has 1 saturated heterocycles. The second-order valence-electron chi connectivity index (χ2n) is 10.00. The van der Waals surface area contributed by atoms with E-state index < -0.39 is 11.4 Å². The quantitative estimate of drug-likeness (QED) is 0.265. The van der Waals surface area contributed by atoms with Crippen molar-refractivity contribution in [3.63, 3.8) is 0 Å². The zero-order valence-electron chi connectivity index (χ0n) is 21.4. The van der Waals surface area contributed by atoms with E-state index in [4.69, 9.17) is 16.3 Å². The minimum Gasteiger partial charge on any atom is -0.462 e. The predicted octanol–water partition coefficient (Wildman–Crippen LogP) is 5.23. The zero-order chi connectivity index (χ0) is 27.1. The van der Waals surface area contributed by atoms with E-state index in [1.165, 1.54) is 4.90 Å². The van der Waals surface area contributed by atoms with Crippen LogP contribution in [0.25, 0.3) is 11.0 Å². The Morgan fingerprint density at radius 2 is 1.69 bits per heavy atom. The first kappa shape index (κ1) is 25.1. The first-order valence-corrected chi connectivity index (χ1v) is 13.4. The number of ether oxygens (including phenoxy) is 1. The van der Waals surface area contributed by atoms with Crippen LogP contribution in [0.4, 0.5) is 5.69 Å². The summed E-state index contributed by atoms with van der Waals surface area (Å²) in [6.45, 7) is 3.50. The van der Waals surface area contributed by atoms with E-state index in [0.29, 0.717) is 53.3 Å². The summed E-state index contributed by atoms with van der Waals surface area (Å²) < 4.78 is 5.34. The van der Waals surface area contributed by atoms with Crippen molar-refractivity contribution in [2.24, 2.45) is 0 Å². The molecule has 0 saturated carbocycles. The third kappa shape index (κ3) is 4.25. The molecule has 39 heavy (non-hydrogen) atoms. The molecule has 0 radical (unpaired) electrons. The number of esters is 1. The Kier molecular flexibility index (Phi) is 6.35. The van der Waals surface area contributed by atoms with Crippen LogP contribution in [0.15, 0.2) is 67.0 Å². The highest BCUT2D eigenvalue weighted by molar-refractivity contribution is 6.30. The standard InChI is InChI=1S/C30H27ClN4O4/c1-2-39-29(38)24-17-33-26-23(11-14-32-26)25(24)34-15-12-30(13-16-34,19-7-9-20(31)10-8-19)18-35-27(36)21-5-3-4-6-22(21)28(35)37/h3-11,14,17H,2,12-13,15-16,18H2,1H3,(H,32,33). The number of fused-ring (bicyclic) bond motifs is 2. The first-order chi connectivity index (χ1) is 18.9. The number of hydrogen-bond acceptors (Lipinski definition) is 6. The third-order valence-corrected chi connectivity index (χ3v) is 8.14. The fourth-order valence-corrected chi connectivity index (χ4v) is 6.00. The summed E-state index contributed by atoms with van der Waals surface area (Å²) in [6, 6.07) is 16.5. The van der Waals surface area contributed by atoms with E-state index in [-0.39, 0.29) is 25.0 Å². The lowest BCUT2D eigenvalue weighted by atomic mass is 9.72. The molecule has 2 aliphatic rings. The van der Waals surface area contributed by atoms with Crippen LogP contribution in [-0.4, -0.2) is 58.9 Å². The second-order valence-corrected chi connectivity index (χ2v) is 10.4. The van der Waals surface area contributed by atoms with E-state index in [1.54, 1.807) is 43.6 Å². The number of carbonyl (C=O) groups excluding carboxylic acids is 3. The molecule has 1 fully saturated rings. The van der Waals surface area contributed by atoms with Crippen molar-refractivity contribution in [2.75, 3.05) is 31.1 Å². The number of imide groups is 1. The molecule has 0 atom stereocenters. The van der Waals surface area contributed by atoms with Crippen LogP contribution in [0.3, 0.4) is 0 Å². The Morgan fingerprint density at radius 3 is 2.33 bits per heavy atom. The molecule has 198 valence electrons. The molecule has 6 rings (SSSR count). The highest BCUT2D eigenvalue weighted by Gasteiger charge is 2.44. The van der Waals surface area contributed by atoms with Crippen molar-refractivity contribution in [2.45, 2.75) is 25.2 Å². The lowest BCUT2D eigenvalue weighted by molar-refractivity contribution is 0.0523. The molecule has 9 heteroatoms. The third-order valence-electron chi connectivity index (χ3n) is 7.89. The number of carbonyl (C=O) groups is 3. The first-order valence-electron chi connectivity index (χ1n) is 13.0. The maximum Gasteiger partial charge on any atom is 0.341 e. The molecule has 2 aromatic carbocycles. The van der Waals surface area contributed by atoms with Gasteiger partial charge in [0.15, 0.2) is 0 Å². The van der Waals surface area contributed by atoms with Gasteiger partial charge in [-0.05, 0) is 55.7 Å². The largest absolute Gasteiger partial charge is 0.462 e. The van der Waals surface area contributed by atoms with Gasteiger partial charge >= 0.3 is 5.97 Å². The number of hydrogen-bond donors (Lipinski definition) is 1. The van der Waals surface area contributed by atoms with E-state index in [0.717, 1.165) is 16.6 Å². The summed E-state index contributed by atoms with van der Waals surface area (Å²) >= 11 is 6.21. The highest BCUT2D eigenvalue weighted by atomic mass is 35.5. The van der Waals surface area contributed by atoms with Gasteiger partial charge in [0.2, 0.25) is 0 Å². The van der Waals surface area contributed by atoms with Gasteiger partial charge in [-0.15, -0.1) is 0 Å². The number of aromatic nitrogens is 2. The molecule has 0 bridgehead atoms. The van der Waals surface area contributed by atoms with Crippen molar-refractivity contribution in [1.82, 2.24) is 14.9 Å². The lowest BCUT2D eigenvalue weighted by Crippen LogP contribution is -2.50. The summed E-state index contributed by atoms with van der Waals surface area (Å²) in [5, 5.41) is 1.47. The van der Waals surface area contributed by atoms with Gasteiger partial charge in [0, 0.05) is 47.9 Å². The molecular weight excluding hydrogens is 516 g/mol. The summed E-state index contributed by atoms with van der Waals surface area (Å²) in [4.78, 5) is 50.6. The van der Waals surface area contributed by atoms with Crippen LogP contribution in [0.5, 0.6) is 0 Å². The Bertz CT molecular complexity index is 1550. The van der Waals surface area contributed by atoms with E-state index in [2.05, 4.69) is 14.9 Å². The van der Waals surface area contributed by atoms with Gasteiger partial charge in [0.1, 0.15) is 11.2 Å². The van der Waals surface area contributed by atoms with Crippen LogP contribution in [0.1, 0.15) is 56.4 Å². The Labute approximate surface area is 230 Å². The van der Waals surface area contributed by atoms with E-state index in [9.17, 15) is 14.4 Å². The molecule has 4 heterocycles. The predicted molar refractivity (Wildman–Crippen MR) is 148 cm³/mol. The number of nitrogens with one attached hydrogen (secondary N) is 1. The average Bonchev–Trinajstić information content (AvgIpc) is 3.53. The number of piperidine rings is 1. The Balaban J connectivity index is 1.35. The van der Waals surface area contributed by atoms with Crippen molar-refractivity contribution in [1.29, 1.82) is 0 Å². The molecule has 1 N–H and O–H groups in total. The normalized spacial score (nSPS) is 16.6. The second kappa shape index (κ2) is 9.85. The number of H-pyrrole nitrogens is 1. The lowest BCUT2D eigenvalue weighted by Gasteiger charge is -2.45.